The summed E-state index contributed by atoms with van der Waals surface area (Å²) < 4.78 is 25.0. The summed E-state index contributed by atoms with van der Waals surface area (Å²) in [6, 6.07) is 7.63. The molecule has 0 aliphatic rings. The van der Waals surface area contributed by atoms with Gasteiger partial charge in [-0.25, -0.2) is 12.7 Å². The minimum atomic E-state index is -3.56. The Kier molecular flexibility index (Phi) is 4.31. The van der Waals surface area contributed by atoms with Crippen molar-refractivity contribution in [1.29, 1.82) is 0 Å². The number of amides is 1. The van der Waals surface area contributed by atoms with E-state index in [0.717, 1.165) is 15.6 Å². The summed E-state index contributed by atoms with van der Waals surface area (Å²) in [4.78, 5) is 12.4. The van der Waals surface area contributed by atoms with Gasteiger partial charge in [0.1, 0.15) is 5.75 Å². The minimum absolute atomic E-state index is 0.0523. The Morgan fingerprint density at radius 1 is 1.29 bits per heavy atom. The van der Waals surface area contributed by atoms with Crippen molar-refractivity contribution in [3.05, 3.63) is 40.6 Å². The molecule has 1 aromatic heterocycles. The first-order valence-corrected chi connectivity index (χ1v) is 8.25. The second-order valence-electron chi connectivity index (χ2n) is 4.41. The maximum atomic E-state index is 12.1. The van der Waals surface area contributed by atoms with E-state index in [1.54, 1.807) is 18.2 Å². The first kappa shape index (κ1) is 15.5. The molecule has 2 aromatic rings. The number of rotatable bonds is 4. The highest BCUT2D eigenvalue weighted by Crippen LogP contribution is 2.25. The van der Waals surface area contributed by atoms with Gasteiger partial charge in [-0.3, -0.25) is 4.79 Å². The molecule has 1 heterocycles. The second-order valence-corrected chi connectivity index (χ2v) is 7.47. The van der Waals surface area contributed by atoms with Crippen LogP contribution in [0.4, 0.5) is 5.69 Å². The number of phenolic OH excluding ortho intramolecular Hbond substituents is 1. The molecule has 0 radical (unpaired) electrons. The van der Waals surface area contributed by atoms with Crippen LogP contribution < -0.4 is 5.32 Å². The largest absolute Gasteiger partial charge is 0.506 e. The number of para-hydroxylation sites is 2. The van der Waals surface area contributed by atoms with Gasteiger partial charge in [0.05, 0.1) is 15.5 Å². The van der Waals surface area contributed by atoms with Crippen LogP contribution in [-0.2, 0) is 10.0 Å². The Morgan fingerprint density at radius 3 is 2.57 bits per heavy atom. The van der Waals surface area contributed by atoms with E-state index in [0.29, 0.717) is 0 Å². The van der Waals surface area contributed by atoms with Crippen LogP contribution in [-0.4, -0.2) is 37.8 Å². The Hall–Kier alpha value is -1.90. The van der Waals surface area contributed by atoms with Gasteiger partial charge in [-0.15, -0.1) is 11.3 Å². The van der Waals surface area contributed by atoms with Crippen LogP contribution in [0.2, 0.25) is 0 Å². The summed E-state index contributed by atoms with van der Waals surface area (Å²) >= 11 is 1.03. The summed E-state index contributed by atoms with van der Waals surface area (Å²) in [5.74, 6) is -0.523. The van der Waals surface area contributed by atoms with E-state index in [1.165, 1.54) is 31.6 Å². The second kappa shape index (κ2) is 5.84. The predicted octanol–water partition coefficient (Wildman–Crippen LogP) is 1.96. The number of phenols is 1. The fourth-order valence-corrected chi connectivity index (χ4v) is 3.61. The minimum Gasteiger partial charge on any atom is -0.506 e. The number of nitrogens with one attached hydrogen (secondary N) is 1. The molecule has 2 N–H and O–H groups in total. The third-order valence-electron chi connectivity index (χ3n) is 2.73. The van der Waals surface area contributed by atoms with Crippen molar-refractivity contribution in [2.75, 3.05) is 19.4 Å². The lowest BCUT2D eigenvalue weighted by molar-refractivity contribution is 0.103. The molecule has 0 spiro atoms. The molecule has 6 nitrogen and oxygen atoms in total. The lowest BCUT2D eigenvalue weighted by Gasteiger charge is -2.08. The van der Waals surface area contributed by atoms with Crippen molar-refractivity contribution in [2.24, 2.45) is 0 Å². The number of hydrogen-bond acceptors (Lipinski definition) is 5. The van der Waals surface area contributed by atoms with Crippen LogP contribution in [0.1, 0.15) is 9.67 Å². The molecule has 21 heavy (non-hydrogen) atoms. The maximum absolute atomic E-state index is 12.1. The number of anilines is 1. The number of carbonyl (C=O) groups excluding carboxylic acids is 1. The van der Waals surface area contributed by atoms with Gasteiger partial charge >= 0.3 is 0 Å². The van der Waals surface area contributed by atoms with E-state index in [-0.39, 0.29) is 21.2 Å². The quantitative estimate of drug-likeness (QED) is 0.841. The first-order valence-electron chi connectivity index (χ1n) is 5.93. The zero-order chi connectivity index (χ0) is 15.6. The molecule has 1 aromatic carbocycles. The topological polar surface area (TPSA) is 86.7 Å². The van der Waals surface area contributed by atoms with Gasteiger partial charge in [0.25, 0.3) is 5.91 Å². The molecular weight excluding hydrogens is 312 g/mol. The van der Waals surface area contributed by atoms with Crippen molar-refractivity contribution >= 4 is 33.0 Å². The van der Waals surface area contributed by atoms with Crippen LogP contribution in [0.15, 0.2) is 40.6 Å². The molecule has 0 bridgehead atoms. The lowest BCUT2D eigenvalue weighted by atomic mass is 10.3. The van der Waals surface area contributed by atoms with Crippen LogP contribution in [0.5, 0.6) is 5.75 Å². The Balaban J connectivity index is 2.23. The van der Waals surface area contributed by atoms with E-state index in [1.807, 2.05) is 0 Å². The molecule has 0 saturated heterocycles. The van der Waals surface area contributed by atoms with Gasteiger partial charge in [0.2, 0.25) is 10.0 Å². The number of carbonyl (C=O) groups is 1. The van der Waals surface area contributed by atoms with Crippen LogP contribution >= 0.6 is 11.3 Å². The van der Waals surface area contributed by atoms with Crippen molar-refractivity contribution in [1.82, 2.24) is 4.31 Å². The molecule has 112 valence electrons. The molecule has 2 rings (SSSR count). The van der Waals surface area contributed by atoms with Crippen molar-refractivity contribution < 1.29 is 18.3 Å². The van der Waals surface area contributed by atoms with Crippen molar-refractivity contribution in [2.45, 2.75) is 4.90 Å². The molecule has 0 aliphatic carbocycles. The van der Waals surface area contributed by atoms with Gasteiger partial charge in [0, 0.05) is 19.5 Å². The highest BCUT2D eigenvalue weighted by molar-refractivity contribution is 7.89. The van der Waals surface area contributed by atoms with E-state index in [9.17, 15) is 18.3 Å². The fourth-order valence-electron chi connectivity index (χ4n) is 1.55. The Labute approximate surface area is 126 Å². The number of sulfonamides is 1. The summed E-state index contributed by atoms with van der Waals surface area (Å²) in [6.07, 6.45) is 0. The molecule has 0 unspecified atom stereocenters. The van der Waals surface area contributed by atoms with E-state index in [2.05, 4.69) is 5.32 Å². The highest BCUT2D eigenvalue weighted by atomic mass is 32.2. The standard InChI is InChI=1S/C13H14N2O4S2/c1-15(2)21(18,19)9-7-12(20-8-9)13(17)14-10-5-3-4-6-11(10)16/h3-8,16H,1-2H3,(H,14,17). The lowest BCUT2D eigenvalue weighted by Crippen LogP contribution is -2.21. The smallest absolute Gasteiger partial charge is 0.265 e. The zero-order valence-corrected chi connectivity index (χ0v) is 13.0. The molecule has 8 heteroatoms. The monoisotopic (exact) mass is 326 g/mol. The first-order chi connectivity index (χ1) is 9.82. The number of aromatic hydroxyl groups is 1. The van der Waals surface area contributed by atoms with Crippen molar-refractivity contribution in [3.8, 4) is 5.75 Å². The van der Waals surface area contributed by atoms with Gasteiger partial charge in [0.15, 0.2) is 0 Å². The third kappa shape index (κ3) is 3.23. The number of thiophene rings is 1. The average molecular weight is 326 g/mol. The maximum Gasteiger partial charge on any atom is 0.265 e. The highest BCUT2D eigenvalue weighted by Gasteiger charge is 2.21. The molecule has 0 aliphatic heterocycles. The SMILES string of the molecule is CN(C)S(=O)(=O)c1csc(C(=O)Nc2ccccc2O)c1. The molecule has 0 saturated carbocycles. The predicted molar refractivity (Wildman–Crippen MR) is 81.3 cm³/mol. The average Bonchev–Trinajstić information content (AvgIpc) is 2.91. The Bertz CT molecular complexity index is 766. The van der Waals surface area contributed by atoms with Gasteiger partial charge in [-0.2, -0.15) is 0 Å². The summed E-state index contributed by atoms with van der Waals surface area (Å²) in [5, 5.41) is 13.5. The number of benzene rings is 1. The van der Waals surface area contributed by atoms with Gasteiger partial charge in [-0.05, 0) is 18.2 Å². The molecular formula is C13H14N2O4S2. The van der Waals surface area contributed by atoms with Crippen molar-refractivity contribution in [3.63, 3.8) is 0 Å². The van der Waals surface area contributed by atoms with Crippen LogP contribution in [0, 0.1) is 0 Å². The molecule has 0 fully saturated rings. The number of nitrogens with zero attached hydrogens (tertiary/aromatic N) is 1. The molecule has 0 atom stereocenters. The summed E-state index contributed by atoms with van der Waals surface area (Å²) in [6.45, 7) is 0. The number of hydrogen-bond donors (Lipinski definition) is 2. The van der Waals surface area contributed by atoms with Crippen LogP contribution in [0.25, 0.3) is 0 Å². The summed E-state index contributed by atoms with van der Waals surface area (Å²) in [7, 11) is -0.706. The van der Waals surface area contributed by atoms with E-state index in [4.69, 9.17) is 0 Å². The zero-order valence-electron chi connectivity index (χ0n) is 11.4. The van der Waals surface area contributed by atoms with E-state index >= 15 is 0 Å². The van der Waals surface area contributed by atoms with Crippen LogP contribution in [0.3, 0.4) is 0 Å². The fraction of sp³-hybridized carbons (Fsp3) is 0.154. The normalized spacial score (nSPS) is 11.6. The summed E-state index contributed by atoms with van der Waals surface area (Å²) in [5.41, 5.74) is 0.271. The third-order valence-corrected chi connectivity index (χ3v) is 5.60. The Morgan fingerprint density at radius 2 is 1.95 bits per heavy atom. The van der Waals surface area contributed by atoms with Gasteiger partial charge < -0.3 is 10.4 Å². The van der Waals surface area contributed by atoms with Gasteiger partial charge in [-0.1, -0.05) is 12.1 Å². The molecule has 1 amide bonds. The van der Waals surface area contributed by atoms with E-state index < -0.39 is 15.9 Å².